The Morgan fingerprint density at radius 3 is 2.76 bits per heavy atom. The van der Waals surface area contributed by atoms with Crippen molar-refractivity contribution in [3.63, 3.8) is 0 Å². The summed E-state index contributed by atoms with van der Waals surface area (Å²) in [5, 5.41) is 1.31. The minimum absolute atomic E-state index is 0.489. The van der Waals surface area contributed by atoms with Gasteiger partial charge in [-0.25, -0.2) is 0 Å². The molecule has 0 saturated heterocycles. The van der Waals surface area contributed by atoms with Crippen molar-refractivity contribution in [1.82, 2.24) is 4.57 Å². The van der Waals surface area contributed by atoms with Crippen LogP contribution in [0.25, 0.3) is 10.9 Å². The molecule has 2 aromatic carbocycles. The van der Waals surface area contributed by atoms with Gasteiger partial charge in [0, 0.05) is 35.8 Å². The molecule has 0 spiro atoms. The molecule has 108 valence electrons. The van der Waals surface area contributed by atoms with Crippen molar-refractivity contribution in [3.05, 3.63) is 65.4 Å². The van der Waals surface area contributed by atoms with E-state index in [2.05, 4.69) is 54.1 Å². The second-order valence-corrected chi connectivity index (χ2v) is 5.30. The van der Waals surface area contributed by atoms with Gasteiger partial charge in [-0.05, 0) is 42.3 Å². The van der Waals surface area contributed by atoms with Crippen LogP contribution in [-0.2, 0) is 13.1 Å². The summed E-state index contributed by atoms with van der Waals surface area (Å²) < 4.78 is 7.59. The molecule has 0 bridgehead atoms. The number of rotatable bonds is 4. The number of hydrogen-bond acceptors (Lipinski definition) is 2. The van der Waals surface area contributed by atoms with E-state index in [1.807, 2.05) is 6.07 Å². The van der Waals surface area contributed by atoms with E-state index in [0.29, 0.717) is 6.54 Å². The minimum Gasteiger partial charge on any atom is -0.496 e. The number of ether oxygens (including phenoxy) is 1. The van der Waals surface area contributed by atoms with Crippen LogP contribution < -0.4 is 10.5 Å². The summed E-state index contributed by atoms with van der Waals surface area (Å²) in [6.45, 7) is 3.47. The van der Waals surface area contributed by atoms with Gasteiger partial charge in [0.05, 0.1) is 7.11 Å². The number of nitrogens with zero attached hydrogens (tertiary/aromatic N) is 1. The molecule has 0 fully saturated rings. The average molecular weight is 280 g/mol. The van der Waals surface area contributed by atoms with Gasteiger partial charge >= 0.3 is 0 Å². The van der Waals surface area contributed by atoms with Crippen LogP contribution in [0.5, 0.6) is 5.75 Å². The number of hydrogen-bond donors (Lipinski definition) is 1. The van der Waals surface area contributed by atoms with Gasteiger partial charge in [-0.15, -0.1) is 0 Å². The van der Waals surface area contributed by atoms with Gasteiger partial charge in [-0.3, -0.25) is 0 Å². The van der Waals surface area contributed by atoms with E-state index in [1.54, 1.807) is 7.11 Å². The van der Waals surface area contributed by atoms with E-state index in [9.17, 15) is 0 Å². The van der Waals surface area contributed by atoms with Gasteiger partial charge in [-0.2, -0.15) is 0 Å². The lowest BCUT2D eigenvalue weighted by atomic mass is 10.1. The zero-order valence-electron chi connectivity index (χ0n) is 12.5. The molecule has 21 heavy (non-hydrogen) atoms. The van der Waals surface area contributed by atoms with Crippen LogP contribution in [0, 0.1) is 6.92 Å². The molecule has 1 aromatic heterocycles. The Morgan fingerprint density at radius 1 is 1.14 bits per heavy atom. The van der Waals surface area contributed by atoms with Crippen molar-refractivity contribution in [3.8, 4) is 5.75 Å². The smallest absolute Gasteiger partial charge is 0.123 e. The monoisotopic (exact) mass is 280 g/mol. The van der Waals surface area contributed by atoms with E-state index >= 15 is 0 Å². The maximum atomic E-state index is 5.79. The highest BCUT2D eigenvalue weighted by Crippen LogP contribution is 2.23. The van der Waals surface area contributed by atoms with Gasteiger partial charge in [-0.1, -0.05) is 18.2 Å². The van der Waals surface area contributed by atoms with Gasteiger partial charge < -0.3 is 15.0 Å². The van der Waals surface area contributed by atoms with Crippen molar-refractivity contribution in [2.75, 3.05) is 7.11 Å². The second kappa shape index (κ2) is 5.62. The van der Waals surface area contributed by atoms with Crippen molar-refractivity contribution in [2.24, 2.45) is 5.73 Å². The quantitative estimate of drug-likeness (QED) is 0.795. The zero-order valence-corrected chi connectivity index (χ0v) is 12.5. The molecule has 3 aromatic rings. The molecule has 2 N–H and O–H groups in total. The highest BCUT2D eigenvalue weighted by Gasteiger charge is 2.06. The highest BCUT2D eigenvalue weighted by atomic mass is 16.5. The maximum absolute atomic E-state index is 5.79. The molecule has 3 rings (SSSR count). The molecule has 0 saturated carbocycles. The normalized spacial score (nSPS) is 11.0. The fourth-order valence-corrected chi connectivity index (χ4v) is 2.80. The Morgan fingerprint density at radius 2 is 2.00 bits per heavy atom. The second-order valence-electron chi connectivity index (χ2n) is 5.30. The molecule has 1 heterocycles. The van der Waals surface area contributed by atoms with Crippen LogP contribution >= 0.6 is 0 Å². The SMILES string of the molecule is COc1ccc(Cn2ccc3c(C)cccc32)cc1CN. The van der Waals surface area contributed by atoms with E-state index in [-0.39, 0.29) is 0 Å². The molecule has 3 nitrogen and oxygen atoms in total. The Bertz CT molecular complexity index is 774. The standard InChI is InChI=1S/C18H20N2O/c1-13-4-3-5-17-16(13)8-9-20(17)12-14-6-7-18(21-2)15(10-14)11-19/h3-10H,11-12,19H2,1-2H3. The van der Waals surface area contributed by atoms with Crippen LogP contribution in [0.2, 0.25) is 0 Å². The third kappa shape index (κ3) is 2.52. The number of fused-ring (bicyclic) bond motifs is 1. The molecule has 3 heteroatoms. The molecule has 0 atom stereocenters. The van der Waals surface area contributed by atoms with Crippen LogP contribution in [0.3, 0.4) is 0 Å². The first-order valence-corrected chi connectivity index (χ1v) is 7.13. The first-order valence-electron chi connectivity index (χ1n) is 7.13. The number of nitrogens with two attached hydrogens (primary N) is 1. The highest BCUT2D eigenvalue weighted by molar-refractivity contribution is 5.83. The zero-order chi connectivity index (χ0) is 14.8. The van der Waals surface area contributed by atoms with Gasteiger partial charge in [0.2, 0.25) is 0 Å². The Labute approximate surface area is 125 Å². The Balaban J connectivity index is 1.97. The number of methoxy groups -OCH3 is 1. The van der Waals surface area contributed by atoms with E-state index in [0.717, 1.165) is 17.9 Å². The molecule has 0 radical (unpaired) electrons. The third-order valence-electron chi connectivity index (χ3n) is 3.95. The summed E-state index contributed by atoms with van der Waals surface area (Å²) in [5.41, 5.74) is 10.6. The molecule has 0 amide bonds. The Hall–Kier alpha value is -2.26. The lowest BCUT2D eigenvalue weighted by Crippen LogP contribution is -2.03. The predicted octanol–water partition coefficient (Wildman–Crippen LogP) is 3.47. The van der Waals surface area contributed by atoms with Crippen LogP contribution in [0.15, 0.2) is 48.7 Å². The largest absolute Gasteiger partial charge is 0.496 e. The van der Waals surface area contributed by atoms with Crippen LogP contribution in [-0.4, -0.2) is 11.7 Å². The van der Waals surface area contributed by atoms with Gasteiger partial charge in [0.25, 0.3) is 0 Å². The van der Waals surface area contributed by atoms with E-state index in [4.69, 9.17) is 10.5 Å². The summed E-state index contributed by atoms with van der Waals surface area (Å²) in [7, 11) is 1.68. The molecular weight excluding hydrogens is 260 g/mol. The van der Waals surface area contributed by atoms with Crippen LogP contribution in [0.1, 0.15) is 16.7 Å². The van der Waals surface area contributed by atoms with Crippen molar-refractivity contribution >= 4 is 10.9 Å². The third-order valence-corrected chi connectivity index (χ3v) is 3.95. The summed E-state index contributed by atoms with van der Waals surface area (Å²) in [6.07, 6.45) is 2.14. The van der Waals surface area contributed by atoms with Crippen LogP contribution in [0.4, 0.5) is 0 Å². The topological polar surface area (TPSA) is 40.2 Å². The van der Waals surface area contributed by atoms with Crippen molar-refractivity contribution in [1.29, 1.82) is 0 Å². The van der Waals surface area contributed by atoms with E-state index < -0.39 is 0 Å². The fourth-order valence-electron chi connectivity index (χ4n) is 2.80. The predicted molar refractivity (Wildman–Crippen MR) is 86.7 cm³/mol. The van der Waals surface area contributed by atoms with Crippen molar-refractivity contribution in [2.45, 2.75) is 20.0 Å². The molecule has 0 unspecified atom stereocenters. The molecular formula is C18H20N2O. The summed E-state index contributed by atoms with van der Waals surface area (Å²) in [4.78, 5) is 0. The van der Waals surface area contributed by atoms with Gasteiger partial charge in [0.1, 0.15) is 5.75 Å². The minimum atomic E-state index is 0.489. The molecule has 0 aliphatic carbocycles. The molecule has 0 aliphatic heterocycles. The lowest BCUT2D eigenvalue weighted by Gasteiger charge is -2.11. The summed E-state index contributed by atoms with van der Waals surface area (Å²) in [6, 6.07) is 14.8. The number of benzene rings is 2. The van der Waals surface area contributed by atoms with E-state index in [1.165, 1.54) is 22.0 Å². The fraction of sp³-hybridized carbons (Fsp3) is 0.222. The maximum Gasteiger partial charge on any atom is 0.123 e. The first kappa shape index (κ1) is 13.7. The van der Waals surface area contributed by atoms with Gasteiger partial charge in [0.15, 0.2) is 0 Å². The summed E-state index contributed by atoms with van der Waals surface area (Å²) >= 11 is 0. The Kier molecular flexibility index (Phi) is 3.67. The summed E-state index contributed by atoms with van der Waals surface area (Å²) in [5.74, 6) is 0.856. The lowest BCUT2D eigenvalue weighted by molar-refractivity contribution is 0.409. The average Bonchev–Trinajstić information content (AvgIpc) is 2.92. The van der Waals surface area contributed by atoms with Crippen molar-refractivity contribution < 1.29 is 4.74 Å². The first-order chi connectivity index (χ1) is 10.2. The number of aryl methyl sites for hydroxylation is 1. The number of aromatic nitrogens is 1. The molecule has 0 aliphatic rings.